The first-order chi connectivity index (χ1) is 17.6. The molecule has 3 aromatic carbocycles. The lowest BCUT2D eigenvalue weighted by molar-refractivity contribution is -0.112. The molecule has 2 amide bonds. The van der Waals surface area contributed by atoms with Crippen molar-refractivity contribution in [2.75, 3.05) is 29.7 Å². The van der Waals surface area contributed by atoms with Gasteiger partial charge in [0.25, 0.3) is 0 Å². The number of carbonyl (C=O) groups is 2. The highest BCUT2D eigenvalue weighted by Crippen LogP contribution is 2.41. The van der Waals surface area contributed by atoms with Crippen molar-refractivity contribution in [3.05, 3.63) is 84.4 Å². The Bertz CT molecular complexity index is 1280. The van der Waals surface area contributed by atoms with E-state index in [-0.39, 0.29) is 17.4 Å². The first kappa shape index (κ1) is 27.5. The largest absolute Gasteiger partial charge is 0.504 e. The van der Waals surface area contributed by atoms with Crippen LogP contribution in [0.25, 0.3) is 0 Å². The number of hydrogen-bond acceptors (Lipinski definition) is 7. The van der Waals surface area contributed by atoms with Crippen LogP contribution in [-0.2, 0) is 9.53 Å². The monoisotopic (exact) mass is 521 g/mol. The number of methoxy groups -OCH3 is 1. The molecule has 0 radical (unpaired) electrons. The number of thioether (sulfide) groups is 1. The van der Waals surface area contributed by atoms with Gasteiger partial charge in [0.05, 0.1) is 18.5 Å². The molecule has 0 spiro atoms. The van der Waals surface area contributed by atoms with Gasteiger partial charge in [0.2, 0.25) is 5.91 Å². The molecule has 37 heavy (non-hydrogen) atoms. The van der Waals surface area contributed by atoms with Gasteiger partial charge in [-0.15, -0.1) is 11.8 Å². The Balaban J connectivity index is 1.84. The molecule has 8 nitrogen and oxygen atoms in total. The molecule has 3 aromatic rings. The van der Waals surface area contributed by atoms with Gasteiger partial charge >= 0.3 is 6.09 Å². The summed E-state index contributed by atoms with van der Waals surface area (Å²) in [6, 6.07) is 19.1. The number of hydrogen-bond donors (Lipinski definition) is 4. The number of para-hydroxylation sites is 2. The van der Waals surface area contributed by atoms with Gasteiger partial charge in [-0.2, -0.15) is 0 Å². The molecule has 9 heteroatoms. The van der Waals surface area contributed by atoms with E-state index in [9.17, 15) is 14.7 Å². The lowest BCUT2D eigenvalue weighted by Crippen LogP contribution is -2.28. The molecule has 194 valence electrons. The van der Waals surface area contributed by atoms with E-state index in [1.54, 1.807) is 66.4 Å². The van der Waals surface area contributed by atoms with Crippen molar-refractivity contribution in [3.63, 3.8) is 0 Å². The SMILES string of the molecule is COc1ccc([C@@H](OC(=O)Nc2ccc(SC)cc2)C(C)(C)/C=C/C(=O)Nc2ccccc2N)cc1O. The van der Waals surface area contributed by atoms with Crippen molar-refractivity contribution < 1.29 is 24.2 Å². The summed E-state index contributed by atoms with van der Waals surface area (Å²) < 4.78 is 11.0. The first-order valence-corrected chi connectivity index (χ1v) is 12.7. The number of aromatic hydroxyl groups is 1. The average molecular weight is 522 g/mol. The van der Waals surface area contributed by atoms with Gasteiger partial charge in [-0.05, 0) is 66.4 Å². The Kier molecular flexibility index (Phi) is 9.08. The number of nitrogens with one attached hydrogen (secondary N) is 2. The number of benzene rings is 3. The summed E-state index contributed by atoms with van der Waals surface area (Å²) in [5.41, 5.74) is 7.09. The Morgan fingerprint density at radius 2 is 1.76 bits per heavy atom. The number of amides is 2. The minimum absolute atomic E-state index is 0.0984. The molecule has 1 atom stereocenters. The number of anilines is 3. The van der Waals surface area contributed by atoms with Gasteiger partial charge in [0.1, 0.15) is 6.10 Å². The van der Waals surface area contributed by atoms with Crippen LogP contribution in [0.3, 0.4) is 0 Å². The summed E-state index contributed by atoms with van der Waals surface area (Å²) in [7, 11) is 1.45. The summed E-state index contributed by atoms with van der Waals surface area (Å²) in [6.45, 7) is 3.64. The molecule has 5 N–H and O–H groups in total. The van der Waals surface area contributed by atoms with Crippen molar-refractivity contribution in [2.45, 2.75) is 24.8 Å². The minimum Gasteiger partial charge on any atom is -0.504 e. The Morgan fingerprint density at radius 3 is 2.38 bits per heavy atom. The van der Waals surface area contributed by atoms with E-state index in [2.05, 4.69) is 10.6 Å². The smallest absolute Gasteiger partial charge is 0.412 e. The summed E-state index contributed by atoms with van der Waals surface area (Å²) in [6.07, 6.45) is 3.44. The number of ether oxygens (including phenoxy) is 2. The van der Waals surface area contributed by atoms with E-state index < -0.39 is 17.6 Å². The minimum atomic E-state index is -0.861. The van der Waals surface area contributed by atoms with Crippen LogP contribution in [-0.4, -0.2) is 30.5 Å². The third-order valence-corrected chi connectivity index (χ3v) is 6.37. The topological polar surface area (TPSA) is 123 Å². The summed E-state index contributed by atoms with van der Waals surface area (Å²) in [5, 5.41) is 15.8. The van der Waals surface area contributed by atoms with Gasteiger partial charge in [-0.25, -0.2) is 4.79 Å². The summed E-state index contributed by atoms with van der Waals surface area (Å²) in [4.78, 5) is 26.5. The van der Waals surface area contributed by atoms with Crippen LogP contribution < -0.4 is 21.1 Å². The van der Waals surface area contributed by atoms with Crippen molar-refractivity contribution in [3.8, 4) is 11.5 Å². The fraction of sp³-hybridized carbons (Fsp3) is 0.214. The maximum absolute atomic E-state index is 12.9. The summed E-state index contributed by atoms with van der Waals surface area (Å²) in [5.74, 6) is -0.201. The quantitative estimate of drug-likeness (QED) is 0.150. The fourth-order valence-corrected chi connectivity index (χ4v) is 4.02. The van der Waals surface area contributed by atoms with Crippen LogP contribution in [0, 0.1) is 5.41 Å². The molecule has 3 rings (SSSR count). The summed E-state index contributed by atoms with van der Waals surface area (Å²) >= 11 is 1.60. The standard InChI is InChI=1S/C28H31N3O5S/c1-28(2,16-15-25(33)31-22-8-6-5-7-21(22)29)26(18-9-14-24(35-3)23(32)17-18)36-27(34)30-19-10-12-20(37-4)13-11-19/h5-17,26,32H,29H2,1-4H3,(H,30,34)(H,31,33)/b16-15+/t26-/m1/s1. The predicted molar refractivity (Wildman–Crippen MR) is 148 cm³/mol. The third-order valence-electron chi connectivity index (χ3n) is 5.63. The van der Waals surface area contributed by atoms with Gasteiger partial charge in [-0.1, -0.05) is 38.1 Å². The van der Waals surface area contributed by atoms with Gasteiger partial charge < -0.3 is 25.6 Å². The maximum Gasteiger partial charge on any atom is 0.412 e. The van der Waals surface area contributed by atoms with Crippen LogP contribution in [0.4, 0.5) is 21.9 Å². The molecular weight excluding hydrogens is 490 g/mol. The Morgan fingerprint density at radius 1 is 1.05 bits per heavy atom. The Labute approximate surface area is 220 Å². The molecule has 0 aliphatic heterocycles. The van der Waals surface area contributed by atoms with Crippen molar-refractivity contribution >= 4 is 40.8 Å². The van der Waals surface area contributed by atoms with E-state index in [1.807, 2.05) is 32.2 Å². The van der Waals surface area contributed by atoms with Crippen LogP contribution in [0.1, 0.15) is 25.5 Å². The van der Waals surface area contributed by atoms with Crippen LogP contribution >= 0.6 is 11.8 Å². The molecule has 0 fully saturated rings. The number of phenols is 1. The second-order valence-corrected chi connectivity index (χ2v) is 9.68. The van der Waals surface area contributed by atoms with Gasteiger partial charge in [0.15, 0.2) is 11.5 Å². The lowest BCUT2D eigenvalue weighted by atomic mass is 9.82. The normalized spacial score (nSPS) is 12.1. The van der Waals surface area contributed by atoms with Crippen molar-refractivity contribution in [2.24, 2.45) is 5.41 Å². The van der Waals surface area contributed by atoms with E-state index in [0.717, 1.165) is 4.90 Å². The lowest BCUT2D eigenvalue weighted by Gasteiger charge is -2.32. The molecule has 0 aromatic heterocycles. The zero-order valence-electron chi connectivity index (χ0n) is 21.1. The predicted octanol–water partition coefficient (Wildman–Crippen LogP) is 6.22. The van der Waals surface area contributed by atoms with E-state index in [4.69, 9.17) is 15.2 Å². The van der Waals surface area contributed by atoms with Gasteiger partial charge in [0, 0.05) is 16.0 Å². The molecule has 0 aliphatic carbocycles. The number of rotatable bonds is 9. The number of nitrogens with two attached hydrogens (primary N) is 1. The second-order valence-electron chi connectivity index (χ2n) is 8.80. The Hall–Kier alpha value is -4.11. The number of carbonyl (C=O) groups excluding carboxylic acids is 2. The zero-order chi connectivity index (χ0) is 27.0. The molecule has 0 saturated heterocycles. The average Bonchev–Trinajstić information content (AvgIpc) is 2.88. The van der Waals surface area contributed by atoms with Crippen molar-refractivity contribution in [1.82, 2.24) is 0 Å². The van der Waals surface area contributed by atoms with Crippen LogP contribution in [0.15, 0.2) is 83.8 Å². The number of nitrogen functional groups attached to an aromatic ring is 1. The van der Waals surface area contributed by atoms with Crippen molar-refractivity contribution in [1.29, 1.82) is 0 Å². The third kappa shape index (κ3) is 7.44. The second kappa shape index (κ2) is 12.2. The molecule has 0 saturated carbocycles. The highest BCUT2D eigenvalue weighted by atomic mass is 32.2. The molecule has 0 aliphatic rings. The highest BCUT2D eigenvalue weighted by Gasteiger charge is 2.33. The highest BCUT2D eigenvalue weighted by molar-refractivity contribution is 7.98. The first-order valence-electron chi connectivity index (χ1n) is 11.5. The van der Waals surface area contributed by atoms with Gasteiger partial charge in [-0.3, -0.25) is 10.1 Å². The van der Waals surface area contributed by atoms with E-state index >= 15 is 0 Å². The molecule has 0 unspecified atom stereocenters. The van der Waals surface area contributed by atoms with E-state index in [0.29, 0.717) is 22.6 Å². The maximum atomic E-state index is 12.9. The van der Waals surface area contributed by atoms with E-state index in [1.165, 1.54) is 19.3 Å². The molecule has 0 heterocycles. The van der Waals surface area contributed by atoms with Crippen LogP contribution in [0.2, 0.25) is 0 Å². The zero-order valence-corrected chi connectivity index (χ0v) is 22.0. The number of phenolic OH excluding ortho intramolecular Hbond substituents is 1. The molecular formula is C28H31N3O5S. The van der Waals surface area contributed by atoms with Crippen LogP contribution in [0.5, 0.6) is 11.5 Å². The molecule has 0 bridgehead atoms. The fourth-order valence-electron chi connectivity index (χ4n) is 3.61.